The number of nitrogens with one attached hydrogen (secondary N) is 1. The van der Waals surface area contributed by atoms with Crippen molar-refractivity contribution >= 4 is 28.5 Å². The third-order valence-electron chi connectivity index (χ3n) is 5.33. The topological polar surface area (TPSA) is 64.1 Å². The van der Waals surface area contributed by atoms with Gasteiger partial charge in [0.2, 0.25) is 0 Å². The molecule has 0 aliphatic carbocycles. The van der Waals surface area contributed by atoms with Gasteiger partial charge in [0.25, 0.3) is 0 Å². The van der Waals surface area contributed by atoms with Gasteiger partial charge in [-0.15, -0.1) is 0 Å². The number of H-pyrrole nitrogens is 1. The van der Waals surface area contributed by atoms with E-state index in [1.807, 2.05) is 24.3 Å². The summed E-state index contributed by atoms with van der Waals surface area (Å²) in [5, 5.41) is 10.4. The molecule has 0 bridgehead atoms. The normalized spacial score (nSPS) is 15.6. The highest BCUT2D eigenvalue weighted by Crippen LogP contribution is 2.28. The lowest BCUT2D eigenvalue weighted by atomic mass is 10.1. The molecule has 1 fully saturated rings. The van der Waals surface area contributed by atoms with Crippen molar-refractivity contribution in [2.75, 3.05) is 51.3 Å². The number of aromatic hydroxyl groups is 1. The second kappa shape index (κ2) is 8.63. The fourth-order valence-electron chi connectivity index (χ4n) is 3.68. The summed E-state index contributed by atoms with van der Waals surface area (Å²) in [5.74, 6) is -0.475. The van der Waals surface area contributed by atoms with E-state index in [1.54, 1.807) is 19.2 Å². The Morgan fingerprint density at radius 3 is 2.62 bits per heavy atom. The summed E-state index contributed by atoms with van der Waals surface area (Å²) in [6, 6.07) is 12.7. The number of ether oxygens (including phenoxy) is 1. The Morgan fingerprint density at radius 2 is 1.90 bits per heavy atom. The maximum Gasteiger partial charge on any atom is 0.198 e. The summed E-state index contributed by atoms with van der Waals surface area (Å²) in [4.78, 5) is 12.0. The molecule has 29 heavy (non-hydrogen) atoms. The molecule has 0 amide bonds. The Kier molecular flexibility index (Phi) is 5.78. The van der Waals surface area contributed by atoms with Crippen LogP contribution in [0.2, 0.25) is 0 Å². The molecule has 0 spiro atoms. The van der Waals surface area contributed by atoms with Crippen LogP contribution in [0.1, 0.15) is 5.56 Å². The van der Waals surface area contributed by atoms with E-state index in [1.165, 1.54) is 12.3 Å². The van der Waals surface area contributed by atoms with Gasteiger partial charge in [-0.2, -0.15) is 0 Å². The lowest BCUT2D eigenvalue weighted by molar-refractivity contribution is 0.144. The molecular weight excluding hydrogens is 371 g/mol. The summed E-state index contributed by atoms with van der Waals surface area (Å²) in [5.41, 5.74) is 2.81. The van der Waals surface area contributed by atoms with Gasteiger partial charge in [0.05, 0.1) is 23.4 Å². The second-order valence-corrected chi connectivity index (χ2v) is 7.15. The summed E-state index contributed by atoms with van der Waals surface area (Å²) in [7, 11) is 1.73. The van der Waals surface area contributed by atoms with Gasteiger partial charge in [0, 0.05) is 57.1 Å². The van der Waals surface area contributed by atoms with Crippen molar-refractivity contribution in [2.24, 2.45) is 4.99 Å². The third kappa shape index (κ3) is 4.26. The first kappa shape index (κ1) is 19.4. The van der Waals surface area contributed by atoms with Crippen LogP contribution < -0.4 is 4.90 Å². The molecule has 1 aromatic heterocycles. The number of hydrogen-bond acceptors (Lipinski definition) is 5. The van der Waals surface area contributed by atoms with Gasteiger partial charge in [-0.25, -0.2) is 4.39 Å². The average molecular weight is 396 g/mol. The van der Waals surface area contributed by atoms with Gasteiger partial charge in [0.15, 0.2) is 5.88 Å². The molecule has 7 heteroatoms. The standard InChI is InChI=1S/C22H25FN4O2/c1-29-14-13-26-9-11-27(12-10-26)17-7-5-16(6-8-17)24-15-18-21-19(23)3-2-4-20(21)25-22(18)28/h2-8,15,25,28H,9-14H2,1H3. The van der Waals surface area contributed by atoms with Crippen LogP contribution in [-0.2, 0) is 4.74 Å². The van der Waals surface area contributed by atoms with E-state index in [2.05, 4.69) is 19.8 Å². The SMILES string of the molecule is COCCN1CCN(c2ccc(N=Cc3c(O)[nH]c4cccc(F)c34)cc2)CC1. The van der Waals surface area contributed by atoms with E-state index in [4.69, 9.17) is 4.74 Å². The number of piperazine rings is 1. The fraction of sp³-hybridized carbons (Fsp3) is 0.318. The molecule has 1 aliphatic rings. The van der Waals surface area contributed by atoms with Gasteiger partial charge in [-0.3, -0.25) is 9.89 Å². The Bertz CT molecular complexity index is 992. The number of aliphatic imine (C=N–C) groups is 1. The molecule has 2 heterocycles. The van der Waals surface area contributed by atoms with Crippen LogP contribution in [-0.4, -0.2) is 67.6 Å². The Balaban J connectivity index is 1.44. The number of methoxy groups -OCH3 is 1. The van der Waals surface area contributed by atoms with Crippen molar-refractivity contribution < 1.29 is 14.2 Å². The van der Waals surface area contributed by atoms with Gasteiger partial charge in [-0.05, 0) is 36.4 Å². The summed E-state index contributed by atoms with van der Waals surface area (Å²) >= 11 is 0. The smallest absolute Gasteiger partial charge is 0.198 e. The number of rotatable bonds is 6. The number of fused-ring (bicyclic) bond motifs is 1. The first-order valence-electron chi connectivity index (χ1n) is 9.75. The molecule has 3 aromatic rings. The molecular formula is C22H25FN4O2. The van der Waals surface area contributed by atoms with Crippen LogP contribution in [0.25, 0.3) is 10.9 Å². The van der Waals surface area contributed by atoms with Gasteiger partial charge in [-0.1, -0.05) is 6.07 Å². The van der Waals surface area contributed by atoms with Gasteiger partial charge in [0.1, 0.15) is 5.82 Å². The molecule has 2 aromatic carbocycles. The van der Waals surface area contributed by atoms with Gasteiger partial charge < -0.3 is 19.7 Å². The number of nitrogens with zero attached hydrogens (tertiary/aromatic N) is 3. The molecule has 152 valence electrons. The van der Waals surface area contributed by atoms with Crippen LogP contribution >= 0.6 is 0 Å². The van der Waals surface area contributed by atoms with Crippen molar-refractivity contribution in [1.29, 1.82) is 0 Å². The molecule has 0 radical (unpaired) electrons. The number of aromatic nitrogens is 1. The average Bonchev–Trinajstić information content (AvgIpc) is 3.08. The van der Waals surface area contributed by atoms with Crippen LogP contribution in [0.5, 0.6) is 5.88 Å². The molecule has 0 unspecified atom stereocenters. The Labute approximate surface area is 169 Å². The Hall–Kier alpha value is -2.90. The summed E-state index contributed by atoms with van der Waals surface area (Å²) in [6.45, 7) is 5.74. The predicted molar refractivity (Wildman–Crippen MR) is 114 cm³/mol. The summed E-state index contributed by atoms with van der Waals surface area (Å²) < 4.78 is 19.3. The fourth-order valence-corrected chi connectivity index (χ4v) is 3.68. The lowest BCUT2D eigenvalue weighted by Crippen LogP contribution is -2.47. The minimum absolute atomic E-state index is 0.0863. The molecule has 6 nitrogen and oxygen atoms in total. The predicted octanol–water partition coefficient (Wildman–Crippen LogP) is 3.53. The number of anilines is 1. The number of aromatic amines is 1. The second-order valence-electron chi connectivity index (χ2n) is 7.15. The highest BCUT2D eigenvalue weighted by Gasteiger charge is 2.17. The van der Waals surface area contributed by atoms with E-state index < -0.39 is 0 Å². The zero-order chi connectivity index (χ0) is 20.2. The molecule has 0 atom stereocenters. The maximum absolute atomic E-state index is 14.1. The van der Waals surface area contributed by atoms with E-state index in [-0.39, 0.29) is 11.7 Å². The Morgan fingerprint density at radius 1 is 1.14 bits per heavy atom. The van der Waals surface area contributed by atoms with Crippen molar-refractivity contribution in [3.63, 3.8) is 0 Å². The van der Waals surface area contributed by atoms with Gasteiger partial charge >= 0.3 is 0 Å². The highest BCUT2D eigenvalue weighted by molar-refractivity contribution is 6.02. The van der Waals surface area contributed by atoms with E-state index in [0.717, 1.165) is 50.7 Å². The quantitative estimate of drug-likeness (QED) is 0.626. The van der Waals surface area contributed by atoms with E-state index in [9.17, 15) is 9.50 Å². The van der Waals surface area contributed by atoms with Crippen molar-refractivity contribution in [1.82, 2.24) is 9.88 Å². The van der Waals surface area contributed by atoms with E-state index >= 15 is 0 Å². The monoisotopic (exact) mass is 396 g/mol. The lowest BCUT2D eigenvalue weighted by Gasteiger charge is -2.36. The molecule has 1 saturated heterocycles. The molecule has 2 N–H and O–H groups in total. The van der Waals surface area contributed by atoms with Crippen molar-refractivity contribution in [3.05, 3.63) is 53.8 Å². The first-order chi connectivity index (χ1) is 14.2. The zero-order valence-corrected chi connectivity index (χ0v) is 16.4. The molecule has 1 aliphatic heterocycles. The van der Waals surface area contributed by atoms with Crippen molar-refractivity contribution in [3.8, 4) is 5.88 Å². The maximum atomic E-state index is 14.1. The highest BCUT2D eigenvalue weighted by atomic mass is 19.1. The van der Waals surface area contributed by atoms with Crippen LogP contribution in [0.4, 0.5) is 15.8 Å². The van der Waals surface area contributed by atoms with Crippen LogP contribution in [0, 0.1) is 5.82 Å². The first-order valence-corrected chi connectivity index (χ1v) is 9.75. The van der Waals surface area contributed by atoms with Crippen LogP contribution in [0.3, 0.4) is 0 Å². The largest absolute Gasteiger partial charge is 0.494 e. The third-order valence-corrected chi connectivity index (χ3v) is 5.33. The number of hydrogen-bond donors (Lipinski definition) is 2. The number of benzene rings is 2. The minimum atomic E-state index is -0.388. The van der Waals surface area contributed by atoms with Crippen LogP contribution in [0.15, 0.2) is 47.5 Å². The molecule has 4 rings (SSSR count). The molecule has 0 saturated carbocycles. The van der Waals surface area contributed by atoms with Crippen molar-refractivity contribution in [2.45, 2.75) is 0 Å². The number of halogens is 1. The zero-order valence-electron chi connectivity index (χ0n) is 16.4. The minimum Gasteiger partial charge on any atom is -0.494 e. The summed E-state index contributed by atoms with van der Waals surface area (Å²) in [6.07, 6.45) is 1.50. The van der Waals surface area contributed by atoms with E-state index in [0.29, 0.717) is 16.5 Å².